The van der Waals surface area contributed by atoms with Gasteiger partial charge in [0.15, 0.2) is 0 Å². The molecule has 1 aliphatic rings. The first-order valence-corrected chi connectivity index (χ1v) is 7.67. The smallest absolute Gasteiger partial charge is 0.308 e. The van der Waals surface area contributed by atoms with Gasteiger partial charge in [-0.2, -0.15) is 0 Å². The highest BCUT2D eigenvalue weighted by atomic mass is 79.9. The highest BCUT2D eigenvalue weighted by Gasteiger charge is 2.30. The van der Waals surface area contributed by atoms with Crippen LogP contribution in [-0.4, -0.2) is 23.0 Å². The zero-order chi connectivity index (χ0) is 14.5. The quantitative estimate of drug-likeness (QED) is 0.831. The van der Waals surface area contributed by atoms with Crippen LogP contribution in [0.5, 0.6) is 0 Å². The number of nitrogens with one attached hydrogen (secondary N) is 1. The molecule has 0 saturated heterocycles. The van der Waals surface area contributed by atoms with Gasteiger partial charge in [-0.05, 0) is 40.9 Å². The van der Waals surface area contributed by atoms with Gasteiger partial charge in [-0.3, -0.25) is 9.59 Å². The maximum atomic E-state index is 12.3. The maximum absolute atomic E-state index is 12.3. The van der Waals surface area contributed by atoms with E-state index in [-0.39, 0.29) is 11.9 Å². The van der Waals surface area contributed by atoms with Gasteiger partial charge in [-0.25, -0.2) is 0 Å². The third-order valence-corrected chi connectivity index (χ3v) is 4.46. The summed E-state index contributed by atoms with van der Waals surface area (Å²) in [4.78, 5) is 23.6. The standard InChI is InChI=1S/C15H18BrNO3/c16-12-8-5-4-6-10(12)14(18)17-13-9-3-1-2-7-11(13)15(19)20/h4-6,8,11,13H,1-3,7,9H2,(H,17,18)(H,19,20). The molecule has 2 rings (SSSR count). The number of carbonyl (C=O) groups excluding carboxylic acids is 1. The summed E-state index contributed by atoms with van der Waals surface area (Å²) >= 11 is 3.34. The summed E-state index contributed by atoms with van der Waals surface area (Å²) in [5.74, 6) is -1.51. The van der Waals surface area contributed by atoms with Gasteiger partial charge in [0.2, 0.25) is 0 Å². The molecule has 0 radical (unpaired) electrons. The van der Waals surface area contributed by atoms with Crippen LogP contribution in [0.2, 0.25) is 0 Å². The van der Waals surface area contributed by atoms with Crippen molar-refractivity contribution >= 4 is 27.8 Å². The lowest BCUT2D eigenvalue weighted by atomic mass is 9.94. The van der Waals surface area contributed by atoms with Crippen LogP contribution >= 0.6 is 15.9 Å². The van der Waals surface area contributed by atoms with Gasteiger partial charge in [0.05, 0.1) is 11.5 Å². The number of carboxylic acid groups (broad SMARTS) is 1. The Morgan fingerprint density at radius 3 is 2.55 bits per heavy atom. The number of hydrogen-bond donors (Lipinski definition) is 2. The second-order valence-corrected chi connectivity index (χ2v) is 6.00. The van der Waals surface area contributed by atoms with Crippen LogP contribution in [0.25, 0.3) is 0 Å². The lowest BCUT2D eigenvalue weighted by Crippen LogP contribution is -2.42. The van der Waals surface area contributed by atoms with Gasteiger partial charge in [0.25, 0.3) is 5.91 Å². The van der Waals surface area contributed by atoms with Crippen molar-refractivity contribution in [3.05, 3.63) is 34.3 Å². The summed E-state index contributed by atoms with van der Waals surface area (Å²) in [6.45, 7) is 0. The minimum atomic E-state index is -0.815. The molecule has 4 nitrogen and oxygen atoms in total. The maximum Gasteiger partial charge on any atom is 0.308 e. The molecule has 5 heteroatoms. The highest BCUT2D eigenvalue weighted by molar-refractivity contribution is 9.10. The van der Waals surface area contributed by atoms with E-state index >= 15 is 0 Å². The fourth-order valence-corrected chi connectivity index (χ4v) is 3.13. The van der Waals surface area contributed by atoms with Gasteiger partial charge in [0.1, 0.15) is 0 Å². The van der Waals surface area contributed by atoms with Crippen LogP contribution in [0.15, 0.2) is 28.7 Å². The molecule has 0 aliphatic heterocycles. The molecule has 1 aromatic carbocycles. The van der Waals surface area contributed by atoms with Crippen molar-refractivity contribution < 1.29 is 14.7 Å². The number of carboxylic acids is 1. The average Bonchev–Trinajstić information content (AvgIpc) is 2.64. The molecule has 0 aromatic heterocycles. The number of carbonyl (C=O) groups is 2. The SMILES string of the molecule is O=C(NC1CCCCCC1C(=O)O)c1ccccc1Br. The minimum absolute atomic E-state index is 0.212. The third kappa shape index (κ3) is 3.60. The summed E-state index contributed by atoms with van der Waals surface area (Å²) in [5.41, 5.74) is 0.542. The van der Waals surface area contributed by atoms with E-state index in [0.29, 0.717) is 12.0 Å². The Hall–Kier alpha value is -1.36. The zero-order valence-electron chi connectivity index (χ0n) is 11.1. The molecule has 20 heavy (non-hydrogen) atoms. The number of rotatable bonds is 3. The van der Waals surface area contributed by atoms with Gasteiger partial charge >= 0.3 is 5.97 Å². The fourth-order valence-electron chi connectivity index (χ4n) is 2.67. The number of benzene rings is 1. The van der Waals surface area contributed by atoms with E-state index in [1.165, 1.54) is 0 Å². The van der Waals surface area contributed by atoms with Crippen LogP contribution in [0.1, 0.15) is 42.5 Å². The molecule has 1 aliphatic carbocycles. The summed E-state index contributed by atoms with van der Waals surface area (Å²) in [6, 6.07) is 6.88. The van der Waals surface area contributed by atoms with Crippen molar-refractivity contribution in [2.24, 2.45) is 5.92 Å². The van der Waals surface area contributed by atoms with E-state index in [0.717, 1.165) is 30.2 Å². The molecule has 0 bridgehead atoms. The minimum Gasteiger partial charge on any atom is -0.481 e. The first kappa shape index (κ1) is 15.0. The first-order valence-electron chi connectivity index (χ1n) is 6.88. The van der Waals surface area contributed by atoms with Crippen LogP contribution in [-0.2, 0) is 4.79 Å². The van der Waals surface area contributed by atoms with E-state index in [1.807, 2.05) is 6.07 Å². The van der Waals surface area contributed by atoms with Crippen LogP contribution in [0, 0.1) is 5.92 Å². The van der Waals surface area contributed by atoms with Gasteiger partial charge in [0, 0.05) is 10.5 Å². The van der Waals surface area contributed by atoms with Crippen molar-refractivity contribution in [1.29, 1.82) is 0 Å². The average molecular weight is 340 g/mol. The topological polar surface area (TPSA) is 66.4 Å². The second kappa shape index (κ2) is 6.88. The van der Waals surface area contributed by atoms with Crippen molar-refractivity contribution in [3.8, 4) is 0 Å². The van der Waals surface area contributed by atoms with Crippen molar-refractivity contribution in [1.82, 2.24) is 5.32 Å². The van der Waals surface area contributed by atoms with Gasteiger partial charge in [-0.15, -0.1) is 0 Å². The molecule has 1 aromatic rings. The Morgan fingerprint density at radius 1 is 1.15 bits per heavy atom. The normalized spacial score (nSPS) is 22.9. The predicted molar refractivity (Wildman–Crippen MR) is 79.6 cm³/mol. The van der Waals surface area contributed by atoms with Crippen molar-refractivity contribution in [3.63, 3.8) is 0 Å². The zero-order valence-corrected chi connectivity index (χ0v) is 12.7. The van der Waals surface area contributed by atoms with Gasteiger partial charge < -0.3 is 10.4 Å². The molecule has 2 N–H and O–H groups in total. The molecular formula is C15H18BrNO3. The summed E-state index contributed by atoms with van der Waals surface area (Å²) < 4.78 is 0.720. The van der Waals surface area contributed by atoms with E-state index in [9.17, 15) is 14.7 Å². The summed E-state index contributed by atoms with van der Waals surface area (Å²) in [7, 11) is 0. The Labute approximate surface area is 126 Å². The number of halogens is 1. The molecule has 0 heterocycles. The molecular weight excluding hydrogens is 322 g/mol. The highest BCUT2D eigenvalue weighted by Crippen LogP contribution is 2.25. The number of aliphatic carboxylic acids is 1. The summed E-state index contributed by atoms with van der Waals surface area (Å²) in [5, 5.41) is 12.2. The third-order valence-electron chi connectivity index (χ3n) is 3.77. The van der Waals surface area contributed by atoms with Crippen LogP contribution in [0.3, 0.4) is 0 Å². The van der Waals surface area contributed by atoms with Crippen LogP contribution < -0.4 is 5.32 Å². The van der Waals surface area contributed by atoms with Crippen molar-refractivity contribution in [2.45, 2.75) is 38.1 Å². The van der Waals surface area contributed by atoms with Crippen LogP contribution in [0.4, 0.5) is 0 Å². The number of amides is 1. The lowest BCUT2D eigenvalue weighted by Gasteiger charge is -2.23. The molecule has 1 saturated carbocycles. The Bertz CT molecular complexity index is 504. The largest absolute Gasteiger partial charge is 0.481 e. The van der Waals surface area contributed by atoms with E-state index in [4.69, 9.17) is 0 Å². The van der Waals surface area contributed by atoms with Gasteiger partial charge in [-0.1, -0.05) is 31.4 Å². The number of hydrogen-bond acceptors (Lipinski definition) is 2. The lowest BCUT2D eigenvalue weighted by molar-refractivity contribution is -0.142. The molecule has 2 unspecified atom stereocenters. The molecule has 2 atom stereocenters. The molecule has 1 fully saturated rings. The van der Waals surface area contributed by atoms with Crippen molar-refractivity contribution in [2.75, 3.05) is 0 Å². The fraction of sp³-hybridized carbons (Fsp3) is 0.467. The van der Waals surface area contributed by atoms with E-state index < -0.39 is 11.9 Å². The molecule has 0 spiro atoms. The summed E-state index contributed by atoms with van der Waals surface area (Å²) in [6.07, 6.45) is 4.28. The molecule has 108 valence electrons. The first-order chi connectivity index (χ1) is 9.59. The monoisotopic (exact) mass is 339 g/mol. The Balaban J connectivity index is 2.12. The Kier molecular flexibility index (Phi) is 5.17. The molecule has 1 amide bonds. The second-order valence-electron chi connectivity index (χ2n) is 5.14. The predicted octanol–water partition coefficient (Wildman–Crippen LogP) is 3.21. The van der Waals surface area contributed by atoms with E-state index in [2.05, 4.69) is 21.2 Å². The van der Waals surface area contributed by atoms with E-state index in [1.54, 1.807) is 18.2 Å². The Morgan fingerprint density at radius 2 is 1.85 bits per heavy atom.